The fourth-order valence-corrected chi connectivity index (χ4v) is 1.61. The molecular weight excluding hydrogens is 246 g/mol. The van der Waals surface area contributed by atoms with Gasteiger partial charge in [0.1, 0.15) is 17.5 Å². The fraction of sp³-hybridized carbons (Fsp3) is 0.250. The van der Waals surface area contributed by atoms with Crippen LogP contribution in [-0.2, 0) is 0 Å². The summed E-state index contributed by atoms with van der Waals surface area (Å²) in [5.74, 6) is 0. The molecule has 7 nitrogen and oxygen atoms in total. The molecule has 0 bridgehead atoms. The molecule has 0 aromatic carbocycles. The van der Waals surface area contributed by atoms with Crippen molar-refractivity contribution >= 4 is 11.4 Å². The number of aromatic nitrogens is 1. The number of dihydropyridines is 1. The van der Waals surface area contributed by atoms with Crippen LogP contribution in [0.2, 0.25) is 0 Å². The highest BCUT2D eigenvalue weighted by molar-refractivity contribution is 5.63. The van der Waals surface area contributed by atoms with Gasteiger partial charge < -0.3 is 10.6 Å². The van der Waals surface area contributed by atoms with E-state index in [2.05, 4.69) is 20.9 Å². The van der Waals surface area contributed by atoms with Gasteiger partial charge in [-0.1, -0.05) is 0 Å². The molecule has 0 saturated heterocycles. The van der Waals surface area contributed by atoms with Crippen molar-refractivity contribution in [1.82, 2.24) is 15.6 Å². The summed E-state index contributed by atoms with van der Waals surface area (Å²) in [7, 11) is 1.84. The predicted molar refractivity (Wildman–Crippen MR) is 72.3 cm³/mol. The molecule has 0 spiro atoms. The second kappa shape index (κ2) is 5.07. The highest BCUT2D eigenvalue weighted by atomic mass is 16.6. The topological polar surface area (TPSA) is 92.1 Å². The number of anilines is 1. The fourth-order valence-electron chi connectivity index (χ4n) is 1.61. The number of allylic oxidation sites excluding steroid dienone is 1. The number of hydrogen-bond acceptors (Lipinski definition) is 6. The largest absolute Gasteiger partial charge is 0.368 e. The third kappa shape index (κ3) is 2.89. The minimum Gasteiger partial charge on any atom is -0.368 e. The summed E-state index contributed by atoms with van der Waals surface area (Å²) in [6, 6.07) is 1.57. The van der Waals surface area contributed by atoms with E-state index in [4.69, 9.17) is 0 Å². The second-order valence-corrected chi connectivity index (χ2v) is 4.30. The molecule has 0 fully saturated rings. The summed E-state index contributed by atoms with van der Waals surface area (Å²) in [5.41, 5.74) is 0.779. The van der Waals surface area contributed by atoms with Crippen LogP contribution in [0.15, 0.2) is 42.5 Å². The number of pyridine rings is 1. The van der Waals surface area contributed by atoms with Gasteiger partial charge in [0.05, 0.1) is 10.6 Å². The minimum absolute atomic E-state index is 0.0567. The number of nitrogens with zero attached hydrogens (tertiary/aromatic N) is 2. The van der Waals surface area contributed by atoms with Crippen LogP contribution in [0.3, 0.4) is 0 Å². The van der Waals surface area contributed by atoms with Crippen molar-refractivity contribution in [3.63, 3.8) is 0 Å². The van der Waals surface area contributed by atoms with E-state index in [0.717, 1.165) is 5.70 Å². The van der Waals surface area contributed by atoms with Gasteiger partial charge in [-0.2, -0.15) is 0 Å². The van der Waals surface area contributed by atoms with E-state index in [0.29, 0.717) is 5.69 Å². The maximum Gasteiger partial charge on any atom is 0.310 e. The van der Waals surface area contributed by atoms with Crippen LogP contribution in [-0.4, -0.2) is 22.6 Å². The summed E-state index contributed by atoms with van der Waals surface area (Å²) in [5, 5.41) is 20.1. The van der Waals surface area contributed by atoms with Crippen LogP contribution in [0.5, 0.6) is 0 Å². The first-order valence-corrected chi connectivity index (χ1v) is 5.75. The zero-order valence-electron chi connectivity index (χ0n) is 10.7. The SMILES string of the molecule is CNC1(C)C=CC(Nc2ccncc2[N+](=O)[O-])=CN1. The van der Waals surface area contributed by atoms with Gasteiger partial charge in [-0.3, -0.25) is 20.4 Å². The van der Waals surface area contributed by atoms with Crippen molar-refractivity contribution in [3.05, 3.63) is 52.6 Å². The van der Waals surface area contributed by atoms with E-state index in [1.807, 2.05) is 26.1 Å². The van der Waals surface area contributed by atoms with Gasteiger partial charge >= 0.3 is 5.69 Å². The molecule has 0 saturated carbocycles. The Hall–Kier alpha value is -2.41. The average molecular weight is 261 g/mol. The molecule has 0 aliphatic carbocycles. The van der Waals surface area contributed by atoms with E-state index in [9.17, 15) is 10.1 Å². The molecule has 2 heterocycles. The molecular formula is C12H15N5O2. The van der Waals surface area contributed by atoms with Crippen LogP contribution >= 0.6 is 0 Å². The second-order valence-electron chi connectivity index (χ2n) is 4.30. The zero-order chi connectivity index (χ0) is 13.9. The van der Waals surface area contributed by atoms with Crippen LogP contribution in [0.25, 0.3) is 0 Å². The molecule has 0 amide bonds. The van der Waals surface area contributed by atoms with Crippen molar-refractivity contribution in [3.8, 4) is 0 Å². The smallest absolute Gasteiger partial charge is 0.310 e. The van der Waals surface area contributed by atoms with E-state index in [-0.39, 0.29) is 11.4 Å². The molecule has 1 aliphatic rings. The molecule has 0 radical (unpaired) electrons. The van der Waals surface area contributed by atoms with Crippen molar-refractivity contribution in [2.24, 2.45) is 0 Å². The number of hydrogen-bond donors (Lipinski definition) is 3. The lowest BCUT2D eigenvalue weighted by atomic mass is 10.1. The minimum atomic E-state index is -0.465. The van der Waals surface area contributed by atoms with Gasteiger partial charge in [0.2, 0.25) is 0 Å². The molecule has 1 unspecified atom stereocenters. The standard InChI is InChI=1S/C12H15N5O2/c1-12(13-2)5-3-9(7-15-12)16-10-4-6-14-8-11(10)17(18)19/h3-8,13,15H,1-2H3,(H,14,16). The number of nitrogens with one attached hydrogen (secondary N) is 3. The van der Waals surface area contributed by atoms with Crippen molar-refractivity contribution in [2.75, 3.05) is 12.4 Å². The molecule has 1 aliphatic heterocycles. The quantitative estimate of drug-likeness (QED) is 0.559. The van der Waals surface area contributed by atoms with E-state index >= 15 is 0 Å². The van der Waals surface area contributed by atoms with Gasteiger partial charge in [0.25, 0.3) is 0 Å². The maximum atomic E-state index is 10.9. The molecule has 3 N–H and O–H groups in total. The van der Waals surface area contributed by atoms with E-state index in [1.54, 1.807) is 12.3 Å². The number of rotatable bonds is 4. The Labute approximate surface area is 110 Å². The number of nitro groups is 1. The lowest BCUT2D eigenvalue weighted by Gasteiger charge is -2.29. The Balaban J connectivity index is 2.16. The van der Waals surface area contributed by atoms with Crippen LogP contribution in [0.1, 0.15) is 6.92 Å². The monoisotopic (exact) mass is 261 g/mol. The highest BCUT2D eigenvalue weighted by Crippen LogP contribution is 2.24. The summed E-state index contributed by atoms with van der Waals surface area (Å²) in [6.45, 7) is 1.98. The Bertz CT molecular complexity index is 555. The predicted octanol–water partition coefficient (Wildman–Crippen LogP) is 1.34. The Kier molecular flexibility index (Phi) is 3.48. The van der Waals surface area contributed by atoms with E-state index < -0.39 is 4.92 Å². The zero-order valence-corrected chi connectivity index (χ0v) is 10.7. The van der Waals surface area contributed by atoms with Crippen LogP contribution in [0, 0.1) is 10.1 Å². The summed E-state index contributed by atoms with van der Waals surface area (Å²) >= 11 is 0. The van der Waals surface area contributed by atoms with Crippen LogP contribution in [0.4, 0.5) is 11.4 Å². The average Bonchev–Trinajstić information content (AvgIpc) is 2.42. The van der Waals surface area contributed by atoms with Gasteiger partial charge in [-0.25, -0.2) is 0 Å². The third-order valence-electron chi connectivity index (χ3n) is 2.92. The van der Waals surface area contributed by atoms with Crippen molar-refractivity contribution in [1.29, 1.82) is 0 Å². The van der Waals surface area contributed by atoms with E-state index in [1.165, 1.54) is 12.4 Å². The lowest BCUT2D eigenvalue weighted by molar-refractivity contribution is -0.384. The molecule has 19 heavy (non-hydrogen) atoms. The Morgan fingerprint density at radius 3 is 2.89 bits per heavy atom. The molecule has 2 rings (SSSR count). The van der Waals surface area contributed by atoms with Gasteiger partial charge in [0, 0.05) is 12.4 Å². The Morgan fingerprint density at radius 2 is 2.32 bits per heavy atom. The van der Waals surface area contributed by atoms with Crippen LogP contribution < -0.4 is 16.0 Å². The van der Waals surface area contributed by atoms with Gasteiger partial charge in [-0.05, 0) is 32.2 Å². The van der Waals surface area contributed by atoms with Gasteiger partial charge in [-0.15, -0.1) is 0 Å². The number of likely N-dealkylation sites (N-methyl/N-ethyl adjacent to an activating group) is 1. The first-order chi connectivity index (χ1) is 9.04. The molecule has 1 aromatic rings. The van der Waals surface area contributed by atoms with Crippen molar-refractivity contribution in [2.45, 2.75) is 12.6 Å². The molecule has 1 aromatic heterocycles. The first kappa shape index (κ1) is 13.0. The Morgan fingerprint density at radius 1 is 1.53 bits per heavy atom. The maximum absolute atomic E-state index is 10.9. The lowest BCUT2D eigenvalue weighted by Crippen LogP contribution is -2.50. The van der Waals surface area contributed by atoms with Gasteiger partial charge in [0.15, 0.2) is 0 Å². The first-order valence-electron chi connectivity index (χ1n) is 5.75. The summed E-state index contributed by atoms with van der Waals surface area (Å²) in [4.78, 5) is 14.2. The normalized spacial score (nSPS) is 21.5. The molecule has 1 atom stereocenters. The third-order valence-corrected chi connectivity index (χ3v) is 2.92. The van der Waals surface area contributed by atoms with Crippen molar-refractivity contribution < 1.29 is 4.92 Å². The molecule has 7 heteroatoms. The molecule has 100 valence electrons. The summed E-state index contributed by atoms with van der Waals surface area (Å²) < 4.78 is 0. The highest BCUT2D eigenvalue weighted by Gasteiger charge is 2.20. The summed E-state index contributed by atoms with van der Waals surface area (Å²) in [6.07, 6.45) is 8.29.